The lowest BCUT2D eigenvalue weighted by Crippen LogP contribution is -2.34. The quantitative estimate of drug-likeness (QED) is 0.322. The lowest BCUT2D eigenvalue weighted by molar-refractivity contribution is -0.125. The van der Waals surface area contributed by atoms with Crippen LogP contribution in [0.3, 0.4) is 0 Å². The van der Waals surface area contributed by atoms with Gasteiger partial charge in [-0.15, -0.1) is 0 Å². The Hall–Kier alpha value is -0.690. The van der Waals surface area contributed by atoms with E-state index in [4.69, 9.17) is 14.9 Å². The Morgan fingerprint density at radius 3 is 2.60 bits per heavy atom. The summed E-state index contributed by atoms with van der Waals surface area (Å²) in [7, 11) is 0. The molecule has 0 aliphatic heterocycles. The van der Waals surface area contributed by atoms with Crippen molar-refractivity contribution in [3.8, 4) is 0 Å². The molecule has 0 saturated heterocycles. The molecule has 15 heavy (non-hydrogen) atoms. The summed E-state index contributed by atoms with van der Waals surface area (Å²) in [5, 5.41) is 22.5. The molecule has 1 amide bonds. The number of hydrogen-bond acceptors (Lipinski definition) is 5. The number of ether oxygens (including phenoxy) is 1. The van der Waals surface area contributed by atoms with Crippen molar-refractivity contribution >= 4 is 5.91 Å². The topological polar surface area (TPSA) is 90.8 Å². The van der Waals surface area contributed by atoms with Crippen molar-refractivity contribution < 1.29 is 19.7 Å². The van der Waals surface area contributed by atoms with Crippen molar-refractivity contribution in [2.75, 3.05) is 46.1 Å². The molecule has 6 heteroatoms. The van der Waals surface area contributed by atoms with E-state index in [1.807, 2.05) is 0 Å². The van der Waals surface area contributed by atoms with E-state index in [1.54, 1.807) is 0 Å². The number of aliphatic hydroxyl groups excluding tert-OH is 2. The van der Waals surface area contributed by atoms with Gasteiger partial charge in [0.05, 0.1) is 6.61 Å². The van der Waals surface area contributed by atoms with E-state index < -0.39 is 0 Å². The van der Waals surface area contributed by atoms with E-state index >= 15 is 0 Å². The van der Waals surface area contributed by atoms with Crippen LogP contribution in [-0.2, 0) is 9.53 Å². The zero-order valence-electron chi connectivity index (χ0n) is 8.87. The van der Waals surface area contributed by atoms with Gasteiger partial charge in [-0.3, -0.25) is 4.79 Å². The lowest BCUT2D eigenvalue weighted by Gasteiger charge is -2.06. The average molecular weight is 220 g/mol. The van der Waals surface area contributed by atoms with Gasteiger partial charge in [-0.2, -0.15) is 0 Å². The van der Waals surface area contributed by atoms with Gasteiger partial charge in [-0.1, -0.05) is 0 Å². The Balaban J connectivity index is 3.11. The van der Waals surface area contributed by atoms with Gasteiger partial charge in [0.15, 0.2) is 0 Å². The van der Waals surface area contributed by atoms with Crippen LogP contribution in [0.5, 0.6) is 0 Å². The molecule has 0 bridgehead atoms. The third-order valence-corrected chi connectivity index (χ3v) is 1.59. The van der Waals surface area contributed by atoms with Crippen LogP contribution in [-0.4, -0.2) is 62.2 Å². The maximum atomic E-state index is 11.1. The highest BCUT2D eigenvalue weighted by Gasteiger charge is 1.99. The van der Waals surface area contributed by atoms with Crippen LogP contribution < -0.4 is 10.6 Å². The SMILES string of the molecule is O=C(COCCCO)NCCNCCO. The van der Waals surface area contributed by atoms with Crippen molar-refractivity contribution in [1.82, 2.24) is 10.6 Å². The van der Waals surface area contributed by atoms with E-state index in [-0.39, 0.29) is 25.7 Å². The first kappa shape index (κ1) is 14.3. The molecule has 0 aliphatic rings. The first-order chi connectivity index (χ1) is 7.31. The van der Waals surface area contributed by atoms with Gasteiger partial charge in [-0.25, -0.2) is 0 Å². The largest absolute Gasteiger partial charge is 0.396 e. The highest BCUT2D eigenvalue weighted by Crippen LogP contribution is 1.80. The van der Waals surface area contributed by atoms with Crippen molar-refractivity contribution in [1.29, 1.82) is 0 Å². The predicted molar refractivity (Wildman–Crippen MR) is 55.5 cm³/mol. The fraction of sp³-hybridized carbons (Fsp3) is 0.889. The molecule has 0 atom stereocenters. The van der Waals surface area contributed by atoms with Crippen LogP contribution in [0.4, 0.5) is 0 Å². The van der Waals surface area contributed by atoms with Crippen molar-refractivity contribution in [3.63, 3.8) is 0 Å². The zero-order valence-corrected chi connectivity index (χ0v) is 8.87. The van der Waals surface area contributed by atoms with Crippen LogP contribution in [0.2, 0.25) is 0 Å². The summed E-state index contributed by atoms with van der Waals surface area (Å²) >= 11 is 0. The minimum atomic E-state index is -0.168. The summed E-state index contributed by atoms with van der Waals surface area (Å²) in [5.74, 6) is -0.168. The Morgan fingerprint density at radius 1 is 1.13 bits per heavy atom. The fourth-order valence-corrected chi connectivity index (χ4v) is 0.877. The molecule has 0 fully saturated rings. The molecular formula is C9H20N2O4. The summed E-state index contributed by atoms with van der Waals surface area (Å²) in [6, 6.07) is 0. The number of carbonyl (C=O) groups excluding carboxylic acids is 1. The minimum absolute atomic E-state index is 0.0278. The third-order valence-electron chi connectivity index (χ3n) is 1.59. The van der Waals surface area contributed by atoms with Gasteiger partial charge in [0.2, 0.25) is 5.91 Å². The van der Waals surface area contributed by atoms with Gasteiger partial charge in [0.25, 0.3) is 0 Å². The smallest absolute Gasteiger partial charge is 0.246 e. The highest BCUT2D eigenvalue weighted by molar-refractivity contribution is 5.77. The lowest BCUT2D eigenvalue weighted by atomic mass is 10.5. The van der Waals surface area contributed by atoms with Crippen molar-refractivity contribution in [3.05, 3.63) is 0 Å². The third kappa shape index (κ3) is 11.2. The highest BCUT2D eigenvalue weighted by atomic mass is 16.5. The monoisotopic (exact) mass is 220 g/mol. The summed E-state index contributed by atoms with van der Waals surface area (Å²) in [6.07, 6.45) is 0.547. The molecule has 90 valence electrons. The zero-order chi connectivity index (χ0) is 11.4. The summed E-state index contributed by atoms with van der Waals surface area (Å²) in [6.45, 7) is 2.27. The number of aliphatic hydroxyl groups is 2. The van der Waals surface area contributed by atoms with Gasteiger partial charge < -0.3 is 25.6 Å². The molecule has 0 aromatic rings. The minimum Gasteiger partial charge on any atom is -0.396 e. The maximum Gasteiger partial charge on any atom is 0.246 e. The molecule has 0 aromatic heterocycles. The average Bonchev–Trinajstić information content (AvgIpc) is 2.24. The predicted octanol–water partition coefficient (Wildman–Crippen LogP) is -1.92. The summed E-state index contributed by atoms with van der Waals surface area (Å²) in [4.78, 5) is 11.1. The second-order valence-electron chi connectivity index (χ2n) is 2.95. The first-order valence-electron chi connectivity index (χ1n) is 5.08. The van der Waals surface area contributed by atoms with Gasteiger partial charge in [0.1, 0.15) is 6.61 Å². The molecular weight excluding hydrogens is 200 g/mol. The van der Waals surface area contributed by atoms with Crippen LogP contribution in [0.1, 0.15) is 6.42 Å². The van der Waals surface area contributed by atoms with E-state index in [2.05, 4.69) is 10.6 Å². The summed E-state index contributed by atoms with van der Waals surface area (Å²) < 4.78 is 4.98. The maximum absolute atomic E-state index is 11.1. The van der Waals surface area contributed by atoms with E-state index in [0.717, 1.165) is 0 Å². The number of nitrogens with one attached hydrogen (secondary N) is 2. The van der Waals surface area contributed by atoms with Crippen LogP contribution in [0.25, 0.3) is 0 Å². The number of carbonyl (C=O) groups is 1. The van der Waals surface area contributed by atoms with Gasteiger partial charge in [-0.05, 0) is 6.42 Å². The normalized spacial score (nSPS) is 10.3. The second-order valence-corrected chi connectivity index (χ2v) is 2.95. The molecule has 0 unspecified atom stereocenters. The molecule has 0 rings (SSSR count). The molecule has 0 saturated carbocycles. The van der Waals surface area contributed by atoms with Crippen LogP contribution >= 0.6 is 0 Å². The number of amides is 1. The van der Waals surface area contributed by atoms with Crippen molar-refractivity contribution in [2.24, 2.45) is 0 Å². The van der Waals surface area contributed by atoms with E-state index in [9.17, 15) is 4.79 Å². The molecule has 0 aliphatic carbocycles. The number of rotatable bonds is 10. The van der Waals surface area contributed by atoms with E-state index in [0.29, 0.717) is 32.7 Å². The fourth-order valence-electron chi connectivity index (χ4n) is 0.877. The first-order valence-corrected chi connectivity index (χ1v) is 5.08. The van der Waals surface area contributed by atoms with Gasteiger partial charge >= 0.3 is 0 Å². The molecule has 6 nitrogen and oxygen atoms in total. The molecule has 0 heterocycles. The Labute approximate surface area is 89.6 Å². The van der Waals surface area contributed by atoms with Gasteiger partial charge in [0, 0.05) is 32.8 Å². The molecule has 4 N–H and O–H groups in total. The Bertz CT molecular complexity index is 155. The van der Waals surface area contributed by atoms with E-state index in [1.165, 1.54) is 0 Å². The molecule has 0 radical (unpaired) electrons. The van der Waals surface area contributed by atoms with Crippen LogP contribution in [0.15, 0.2) is 0 Å². The Morgan fingerprint density at radius 2 is 1.93 bits per heavy atom. The van der Waals surface area contributed by atoms with Crippen molar-refractivity contribution in [2.45, 2.75) is 6.42 Å². The standard InChI is InChI=1S/C9H20N2O4/c12-5-1-7-15-8-9(14)11-3-2-10-4-6-13/h10,12-13H,1-8H2,(H,11,14). The molecule has 0 aromatic carbocycles. The Kier molecular flexibility index (Phi) is 10.9. The molecule has 0 spiro atoms. The number of hydrogen-bond donors (Lipinski definition) is 4. The summed E-state index contributed by atoms with van der Waals surface area (Å²) in [5.41, 5.74) is 0. The van der Waals surface area contributed by atoms with Crippen LogP contribution in [0, 0.1) is 0 Å². The second kappa shape index (κ2) is 11.4.